The van der Waals surface area contributed by atoms with E-state index in [9.17, 15) is 9.90 Å². The number of carbonyl (C=O) groups excluding carboxylic acids is 1. The predicted molar refractivity (Wildman–Crippen MR) is 173 cm³/mol. The van der Waals surface area contributed by atoms with E-state index >= 15 is 0 Å². The van der Waals surface area contributed by atoms with Crippen molar-refractivity contribution in [1.82, 2.24) is 9.55 Å². The number of rotatable bonds is 10. The van der Waals surface area contributed by atoms with Gasteiger partial charge in [0.25, 0.3) is 0 Å². The smallest absolute Gasteiger partial charge is 0.545 e. The van der Waals surface area contributed by atoms with Gasteiger partial charge < -0.3 is 33.1 Å². The van der Waals surface area contributed by atoms with Gasteiger partial charge in [0, 0.05) is 28.6 Å². The molecule has 47 heavy (non-hydrogen) atoms. The molecule has 0 aliphatic rings. The molecule has 0 saturated heterocycles. The van der Waals surface area contributed by atoms with Crippen LogP contribution in [0.15, 0.2) is 120 Å². The molecular formula is C38H29N2NaO6. The number of methoxy groups -OCH3 is 1. The predicted octanol–water partition coefficient (Wildman–Crippen LogP) is 4.55. The fourth-order valence-electron chi connectivity index (χ4n) is 5.69. The largest absolute Gasteiger partial charge is 1.00 e. The van der Waals surface area contributed by atoms with Crippen molar-refractivity contribution in [2.45, 2.75) is 20.1 Å². The van der Waals surface area contributed by atoms with Crippen LogP contribution < -0.4 is 48.9 Å². The number of benzene rings is 5. The van der Waals surface area contributed by atoms with E-state index in [0.29, 0.717) is 35.4 Å². The number of aryl methyl sites for hydroxylation is 1. The molecule has 0 unspecified atom stereocenters. The zero-order valence-electron chi connectivity index (χ0n) is 26.2. The summed E-state index contributed by atoms with van der Waals surface area (Å²) in [7, 11) is 1.62. The van der Waals surface area contributed by atoms with Gasteiger partial charge in [-0.2, -0.15) is 0 Å². The first-order chi connectivity index (χ1) is 22.5. The Morgan fingerprint density at radius 2 is 1.53 bits per heavy atom. The van der Waals surface area contributed by atoms with Crippen LogP contribution in [0.1, 0.15) is 27.4 Å². The minimum absolute atomic E-state index is 0. The summed E-state index contributed by atoms with van der Waals surface area (Å²) in [6.07, 6.45) is 0. The maximum absolute atomic E-state index is 11.7. The molecule has 0 bridgehead atoms. The Morgan fingerprint density at radius 1 is 0.809 bits per heavy atom. The number of nitrogens with zero attached hydrogens (tertiary/aromatic N) is 2. The van der Waals surface area contributed by atoms with Crippen LogP contribution in [0, 0.1) is 6.92 Å². The Balaban J connectivity index is 0.00000386. The van der Waals surface area contributed by atoms with Gasteiger partial charge in [-0.1, -0.05) is 60.7 Å². The third kappa shape index (κ3) is 6.36. The van der Waals surface area contributed by atoms with Crippen molar-refractivity contribution in [2.24, 2.45) is 0 Å². The van der Waals surface area contributed by atoms with Crippen LogP contribution in [0.25, 0.3) is 33.3 Å². The van der Waals surface area contributed by atoms with E-state index in [0.717, 1.165) is 38.6 Å². The molecule has 2 heterocycles. The molecule has 9 heteroatoms. The standard InChI is InChI=1S/C38H30N2O6.Na/c1-24-29(39-37(45-24)26-11-4-3-5-12-26)23-44-33-20-19-25(21-35(33)43-2)22-40-30-15-8-6-13-27(30)36-31(40)16-10-18-34(36)46-32-17-9-7-14-28(32)38(41)42;/h3-21H,22-23H2,1-2H3,(H,41,42);/q;+1/p-1. The van der Waals surface area contributed by atoms with E-state index < -0.39 is 5.97 Å². The van der Waals surface area contributed by atoms with Crippen molar-refractivity contribution in [1.29, 1.82) is 0 Å². The van der Waals surface area contributed by atoms with E-state index in [1.807, 2.05) is 91.9 Å². The Kier molecular flexibility index (Phi) is 9.36. The molecule has 228 valence electrons. The number of hydrogen-bond donors (Lipinski definition) is 0. The summed E-state index contributed by atoms with van der Waals surface area (Å²) in [5.41, 5.74) is 4.58. The van der Waals surface area contributed by atoms with Crippen molar-refractivity contribution in [2.75, 3.05) is 7.11 Å². The Labute approximate surface area is 293 Å². The van der Waals surface area contributed by atoms with Crippen molar-refractivity contribution in [3.8, 4) is 34.5 Å². The van der Waals surface area contributed by atoms with E-state index in [2.05, 4.69) is 15.6 Å². The van der Waals surface area contributed by atoms with Gasteiger partial charge in [-0.15, -0.1) is 0 Å². The fourth-order valence-corrected chi connectivity index (χ4v) is 5.69. The number of aromatic nitrogens is 2. The first-order valence-electron chi connectivity index (χ1n) is 14.8. The normalized spacial score (nSPS) is 10.9. The van der Waals surface area contributed by atoms with Crippen LogP contribution in [0.2, 0.25) is 0 Å². The second-order valence-corrected chi connectivity index (χ2v) is 10.8. The van der Waals surface area contributed by atoms with Gasteiger partial charge >= 0.3 is 29.6 Å². The minimum Gasteiger partial charge on any atom is -0.545 e. The first kappa shape index (κ1) is 31.9. The van der Waals surface area contributed by atoms with Gasteiger partial charge in [-0.05, 0) is 67.1 Å². The molecule has 0 atom stereocenters. The third-order valence-corrected chi connectivity index (χ3v) is 7.93. The molecule has 0 aliphatic carbocycles. The van der Waals surface area contributed by atoms with Gasteiger partial charge in [-0.3, -0.25) is 0 Å². The molecule has 0 saturated carbocycles. The summed E-state index contributed by atoms with van der Waals surface area (Å²) in [6.45, 7) is 2.65. The van der Waals surface area contributed by atoms with Gasteiger partial charge in [0.1, 0.15) is 29.6 Å². The summed E-state index contributed by atoms with van der Waals surface area (Å²) < 4.78 is 26.2. The summed E-state index contributed by atoms with van der Waals surface area (Å²) in [5, 5.41) is 13.6. The Morgan fingerprint density at radius 3 is 2.34 bits per heavy atom. The number of carbonyl (C=O) groups is 1. The Hall–Kier alpha value is -5.02. The molecule has 0 fully saturated rings. The molecule has 0 amide bonds. The monoisotopic (exact) mass is 632 g/mol. The Bertz CT molecular complexity index is 2210. The van der Waals surface area contributed by atoms with Crippen LogP contribution in [0.4, 0.5) is 0 Å². The quantitative estimate of drug-likeness (QED) is 0.204. The van der Waals surface area contributed by atoms with Gasteiger partial charge in [0.15, 0.2) is 11.5 Å². The molecule has 0 N–H and O–H groups in total. The van der Waals surface area contributed by atoms with E-state index in [1.165, 1.54) is 6.07 Å². The van der Waals surface area contributed by atoms with Crippen LogP contribution in [-0.4, -0.2) is 22.6 Å². The van der Waals surface area contributed by atoms with Crippen LogP contribution in [-0.2, 0) is 13.2 Å². The molecule has 0 spiro atoms. The second kappa shape index (κ2) is 13.8. The van der Waals surface area contributed by atoms with E-state index in [-0.39, 0.29) is 47.5 Å². The summed E-state index contributed by atoms with van der Waals surface area (Å²) in [4.78, 5) is 16.4. The van der Waals surface area contributed by atoms with Crippen molar-refractivity contribution in [3.05, 3.63) is 138 Å². The molecular weight excluding hydrogens is 603 g/mol. The number of hydrogen-bond acceptors (Lipinski definition) is 7. The molecule has 2 aromatic heterocycles. The molecule has 5 aromatic carbocycles. The number of carboxylic acid groups (broad SMARTS) is 1. The average Bonchev–Trinajstić information content (AvgIpc) is 3.62. The van der Waals surface area contributed by atoms with Crippen molar-refractivity contribution < 1.29 is 58.1 Å². The first-order valence-corrected chi connectivity index (χ1v) is 14.8. The second-order valence-electron chi connectivity index (χ2n) is 10.8. The van der Waals surface area contributed by atoms with Crippen LogP contribution in [0.5, 0.6) is 23.0 Å². The fraction of sp³-hybridized carbons (Fsp3) is 0.105. The molecule has 0 aliphatic heterocycles. The molecule has 7 rings (SSSR count). The molecule has 0 radical (unpaired) electrons. The number of ether oxygens (including phenoxy) is 3. The SMILES string of the molecule is COc1cc(Cn2c3ccccc3c3c(Oc4ccccc4C(=O)[O-])cccc32)ccc1OCc1nc(-c2ccccc2)oc1C.[Na+]. The third-order valence-electron chi connectivity index (χ3n) is 7.93. The van der Waals surface area contributed by atoms with Crippen LogP contribution in [0.3, 0.4) is 0 Å². The van der Waals surface area contributed by atoms with Crippen LogP contribution >= 0.6 is 0 Å². The van der Waals surface area contributed by atoms with Gasteiger partial charge in [-0.25, -0.2) is 4.98 Å². The minimum atomic E-state index is -1.29. The number of oxazole rings is 1. The van der Waals surface area contributed by atoms with E-state index in [1.54, 1.807) is 25.3 Å². The number of fused-ring (bicyclic) bond motifs is 3. The number of aromatic carboxylic acids is 1. The maximum atomic E-state index is 11.7. The van der Waals surface area contributed by atoms with E-state index in [4.69, 9.17) is 18.6 Å². The topological polar surface area (TPSA) is 98.8 Å². The number of carboxylic acids is 1. The summed E-state index contributed by atoms with van der Waals surface area (Å²) in [5.74, 6) is 1.95. The summed E-state index contributed by atoms with van der Waals surface area (Å²) >= 11 is 0. The van der Waals surface area contributed by atoms with Gasteiger partial charge in [0.2, 0.25) is 5.89 Å². The maximum Gasteiger partial charge on any atom is 1.00 e. The van der Waals surface area contributed by atoms with Crippen molar-refractivity contribution in [3.63, 3.8) is 0 Å². The average molecular weight is 633 g/mol. The zero-order chi connectivity index (χ0) is 31.6. The zero-order valence-corrected chi connectivity index (χ0v) is 28.2. The molecule has 7 aromatic rings. The van der Waals surface area contributed by atoms with Crippen molar-refractivity contribution >= 4 is 27.8 Å². The van der Waals surface area contributed by atoms with Gasteiger partial charge in [0.05, 0.1) is 24.0 Å². The summed E-state index contributed by atoms with van der Waals surface area (Å²) in [6, 6.07) is 36.0. The number of para-hydroxylation sites is 2. The molecule has 8 nitrogen and oxygen atoms in total.